The predicted octanol–water partition coefficient (Wildman–Crippen LogP) is 5.78. The van der Waals surface area contributed by atoms with Gasteiger partial charge in [-0.3, -0.25) is 4.79 Å². The molecule has 0 N–H and O–H groups in total. The minimum absolute atomic E-state index is 0.0131. The number of halogens is 1. The minimum Gasteiger partial charge on any atom is -0.379 e. The molecule has 0 radical (unpaired) electrons. The van der Waals surface area contributed by atoms with Crippen LogP contribution in [0.25, 0.3) is 0 Å². The Morgan fingerprint density at radius 2 is 1.81 bits per heavy atom. The zero-order valence-electron chi connectivity index (χ0n) is 17.5. The molecule has 0 aliphatic heterocycles. The predicted molar refractivity (Wildman–Crippen MR) is 124 cm³/mol. The van der Waals surface area contributed by atoms with Crippen molar-refractivity contribution in [1.29, 1.82) is 0 Å². The Morgan fingerprint density at radius 1 is 1.10 bits per heavy atom. The van der Waals surface area contributed by atoms with E-state index in [0.717, 1.165) is 5.56 Å². The van der Waals surface area contributed by atoms with E-state index >= 15 is 0 Å². The van der Waals surface area contributed by atoms with Gasteiger partial charge in [0, 0.05) is 13.1 Å². The molecule has 0 bridgehead atoms. The maximum atomic E-state index is 12.8. The van der Waals surface area contributed by atoms with E-state index in [-0.39, 0.29) is 21.6 Å². The molecule has 164 valence electrons. The van der Waals surface area contributed by atoms with E-state index in [4.69, 9.17) is 15.8 Å². The summed E-state index contributed by atoms with van der Waals surface area (Å²) < 4.78 is 30.7. The van der Waals surface area contributed by atoms with Gasteiger partial charge in [0.05, 0.1) is 9.90 Å². The largest absolute Gasteiger partial charge is 0.379 e. The lowest BCUT2D eigenvalue weighted by Gasteiger charge is -2.24. The molecule has 1 aromatic heterocycles. The summed E-state index contributed by atoms with van der Waals surface area (Å²) in [5.41, 5.74) is 1.39. The van der Waals surface area contributed by atoms with Gasteiger partial charge in [-0.1, -0.05) is 55.8 Å². The molecular formula is C23H24ClNO4S2. The molecule has 3 rings (SSSR count). The van der Waals surface area contributed by atoms with Gasteiger partial charge in [-0.2, -0.15) is 8.42 Å². The molecule has 0 spiro atoms. The molecule has 0 saturated carbocycles. The third kappa shape index (κ3) is 5.87. The van der Waals surface area contributed by atoms with Crippen LogP contribution in [-0.4, -0.2) is 25.8 Å². The second kappa shape index (κ2) is 9.85. The molecule has 0 aliphatic carbocycles. The van der Waals surface area contributed by atoms with Gasteiger partial charge in [0.2, 0.25) is 0 Å². The minimum atomic E-state index is -4.06. The summed E-state index contributed by atoms with van der Waals surface area (Å²) in [6.07, 6.45) is 0. The number of hydrogen-bond donors (Lipinski definition) is 0. The molecule has 8 heteroatoms. The van der Waals surface area contributed by atoms with Crippen LogP contribution < -0.4 is 4.18 Å². The van der Waals surface area contributed by atoms with Gasteiger partial charge >= 0.3 is 10.1 Å². The summed E-state index contributed by atoms with van der Waals surface area (Å²) in [5, 5.41) is 2.00. The van der Waals surface area contributed by atoms with Crippen molar-refractivity contribution in [3.8, 4) is 5.75 Å². The molecule has 0 fully saturated rings. The van der Waals surface area contributed by atoms with E-state index in [0.29, 0.717) is 29.4 Å². The zero-order valence-corrected chi connectivity index (χ0v) is 19.9. The topological polar surface area (TPSA) is 63.7 Å². The lowest BCUT2D eigenvalue weighted by Crippen LogP contribution is -2.33. The van der Waals surface area contributed by atoms with Crippen LogP contribution >= 0.6 is 22.9 Å². The molecule has 0 unspecified atom stereocenters. The first-order valence-corrected chi connectivity index (χ1v) is 12.5. The van der Waals surface area contributed by atoms with Gasteiger partial charge in [0.25, 0.3) is 5.91 Å². The number of nitrogens with zero attached hydrogens (tertiary/aromatic N) is 1. The number of thiophene rings is 1. The second-order valence-electron chi connectivity index (χ2n) is 7.62. The van der Waals surface area contributed by atoms with Gasteiger partial charge in [-0.05, 0) is 53.6 Å². The van der Waals surface area contributed by atoms with E-state index in [1.54, 1.807) is 48.2 Å². The summed E-state index contributed by atoms with van der Waals surface area (Å²) in [7, 11) is -4.06. The van der Waals surface area contributed by atoms with Crippen LogP contribution in [0.4, 0.5) is 0 Å². The highest BCUT2D eigenvalue weighted by Gasteiger charge is 2.23. The molecule has 5 nitrogen and oxygen atoms in total. The highest BCUT2D eigenvalue weighted by Crippen LogP contribution is 2.28. The lowest BCUT2D eigenvalue weighted by atomic mass is 10.1. The first-order valence-electron chi connectivity index (χ1n) is 9.78. The average molecular weight is 478 g/mol. The number of carbonyl (C=O) groups is 1. The van der Waals surface area contributed by atoms with Gasteiger partial charge < -0.3 is 9.08 Å². The van der Waals surface area contributed by atoms with Gasteiger partial charge in [-0.25, -0.2) is 0 Å². The van der Waals surface area contributed by atoms with Crippen LogP contribution in [0.1, 0.15) is 34.6 Å². The fourth-order valence-electron chi connectivity index (χ4n) is 3.19. The maximum Gasteiger partial charge on any atom is 0.340 e. The van der Waals surface area contributed by atoms with Gasteiger partial charge in [0.1, 0.15) is 10.6 Å². The van der Waals surface area contributed by atoms with E-state index in [1.807, 2.05) is 17.5 Å². The summed E-state index contributed by atoms with van der Waals surface area (Å²) in [6, 6.07) is 15.2. The molecule has 1 heterocycles. The summed E-state index contributed by atoms with van der Waals surface area (Å²) in [5.74, 6) is 0.486. The monoisotopic (exact) mass is 477 g/mol. The highest BCUT2D eigenvalue weighted by molar-refractivity contribution is 7.87. The van der Waals surface area contributed by atoms with Crippen molar-refractivity contribution in [2.75, 3.05) is 6.54 Å². The Labute approximate surface area is 192 Å². The fraction of sp³-hybridized carbons (Fsp3) is 0.261. The number of aryl methyl sites for hydroxylation is 1. The van der Waals surface area contributed by atoms with Crippen molar-refractivity contribution in [1.82, 2.24) is 4.90 Å². The SMILES string of the molecule is Cc1cccc(Cl)c1S(=O)(=O)Oc1ccc(CN(CC(C)C)C(=O)c2cccs2)cc1. The average Bonchev–Trinajstić information content (AvgIpc) is 3.22. The summed E-state index contributed by atoms with van der Waals surface area (Å²) in [6.45, 7) is 6.83. The van der Waals surface area contributed by atoms with Crippen LogP contribution in [0, 0.1) is 12.8 Å². The van der Waals surface area contributed by atoms with Crippen LogP contribution in [0.15, 0.2) is 64.9 Å². The molecular weight excluding hydrogens is 454 g/mol. The number of rotatable bonds is 8. The first-order chi connectivity index (χ1) is 14.7. The molecule has 0 aliphatic rings. The number of carbonyl (C=O) groups excluding carboxylic acids is 1. The Bertz CT molecular complexity index is 1120. The lowest BCUT2D eigenvalue weighted by molar-refractivity contribution is 0.0727. The molecule has 31 heavy (non-hydrogen) atoms. The maximum absolute atomic E-state index is 12.8. The standard InChI is InChI=1S/C23H24ClNO4S2/c1-16(2)14-25(23(26)21-8-5-13-30-21)15-18-9-11-19(12-10-18)29-31(27,28)22-17(3)6-4-7-20(22)24/h4-13,16H,14-15H2,1-3H3. The van der Waals surface area contributed by atoms with Crippen molar-refractivity contribution < 1.29 is 17.4 Å². The van der Waals surface area contributed by atoms with Gasteiger partial charge in [-0.15, -0.1) is 11.3 Å². The second-order valence-corrected chi connectivity index (χ2v) is 10.5. The van der Waals surface area contributed by atoms with Crippen molar-refractivity contribution in [3.05, 3.63) is 81.0 Å². The first kappa shape index (κ1) is 23.3. The van der Waals surface area contributed by atoms with Crippen LogP contribution in [-0.2, 0) is 16.7 Å². The number of benzene rings is 2. The molecule has 2 aromatic carbocycles. The van der Waals surface area contributed by atoms with Crippen LogP contribution in [0.3, 0.4) is 0 Å². The van der Waals surface area contributed by atoms with E-state index in [2.05, 4.69) is 13.8 Å². The van der Waals surface area contributed by atoms with Crippen molar-refractivity contribution in [2.24, 2.45) is 5.92 Å². The smallest absolute Gasteiger partial charge is 0.340 e. The normalized spacial score (nSPS) is 11.5. The highest BCUT2D eigenvalue weighted by atomic mass is 35.5. The molecule has 3 aromatic rings. The third-order valence-corrected chi connectivity index (χ3v) is 7.26. The molecule has 1 amide bonds. The Balaban J connectivity index is 1.76. The van der Waals surface area contributed by atoms with Crippen molar-refractivity contribution in [3.63, 3.8) is 0 Å². The summed E-state index contributed by atoms with van der Waals surface area (Å²) >= 11 is 7.50. The van der Waals surface area contributed by atoms with Gasteiger partial charge in [0.15, 0.2) is 0 Å². The number of amides is 1. The van der Waals surface area contributed by atoms with Crippen molar-refractivity contribution in [2.45, 2.75) is 32.2 Å². The van der Waals surface area contributed by atoms with Crippen LogP contribution in [0.2, 0.25) is 5.02 Å². The fourth-order valence-corrected chi connectivity index (χ4v) is 5.60. The Kier molecular flexibility index (Phi) is 7.41. The summed E-state index contributed by atoms with van der Waals surface area (Å²) in [4.78, 5) is 15.3. The van der Waals surface area contributed by atoms with E-state index < -0.39 is 10.1 Å². The third-order valence-electron chi connectivity index (χ3n) is 4.52. The molecule has 0 saturated heterocycles. The Morgan fingerprint density at radius 3 is 2.39 bits per heavy atom. The zero-order chi connectivity index (χ0) is 22.6. The number of hydrogen-bond acceptors (Lipinski definition) is 5. The Hall–Kier alpha value is -2.35. The van der Waals surface area contributed by atoms with E-state index in [9.17, 15) is 13.2 Å². The van der Waals surface area contributed by atoms with Crippen LogP contribution in [0.5, 0.6) is 5.75 Å². The molecule has 0 atom stereocenters. The quantitative estimate of drug-likeness (QED) is 0.386. The van der Waals surface area contributed by atoms with Crippen molar-refractivity contribution >= 4 is 39.0 Å². The van der Waals surface area contributed by atoms with E-state index in [1.165, 1.54) is 17.4 Å².